The Kier molecular flexibility index (Phi) is 1030. The second kappa shape index (κ2) is 225. The molecule has 0 rings (SSSR count). The van der Waals surface area contributed by atoms with Gasteiger partial charge in [0.15, 0.2) is 0 Å². The summed E-state index contributed by atoms with van der Waals surface area (Å²) < 4.78 is 67.2. The van der Waals surface area contributed by atoms with Crippen molar-refractivity contribution in [2.75, 3.05) is 0 Å². The summed E-state index contributed by atoms with van der Waals surface area (Å²) in [5, 5.41) is 0. The predicted molar refractivity (Wildman–Crippen MR) is 51.4 cm³/mol. The van der Waals surface area contributed by atoms with Crippen molar-refractivity contribution in [2.24, 2.45) is 0 Å². The molecular formula is H2Mg3O12Si4. The smallest absolute Gasteiger partial charge is 2.00 e. The van der Waals surface area contributed by atoms with E-state index in [0.717, 1.165) is 0 Å². The van der Waals surface area contributed by atoms with Crippen LogP contribution in [0.4, 0.5) is 0 Å². The van der Waals surface area contributed by atoms with E-state index in [4.69, 9.17) is 35.7 Å². The summed E-state index contributed by atoms with van der Waals surface area (Å²) in [5.41, 5.74) is 0. The van der Waals surface area contributed by atoms with Crippen molar-refractivity contribution in [1.82, 2.24) is 0 Å². The molecule has 0 aromatic heterocycles. The van der Waals surface area contributed by atoms with Crippen LogP contribution in [0.2, 0.25) is 0 Å². The van der Waals surface area contributed by atoms with Crippen LogP contribution in [-0.4, -0.2) is 112 Å². The van der Waals surface area contributed by atoms with Crippen molar-refractivity contribution >= 4 is 106 Å². The van der Waals surface area contributed by atoms with Crippen LogP contribution in [0.25, 0.3) is 0 Å². The van der Waals surface area contributed by atoms with Crippen molar-refractivity contribution in [1.29, 1.82) is 0 Å². The first kappa shape index (κ1) is 86.9. The zero-order valence-electron chi connectivity index (χ0n) is 9.11. The first-order valence-electron chi connectivity index (χ1n) is 1.63. The van der Waals surface area contributed by atoms with Crippen LogP contribution in [0, 0.1) is 0 Å². The maximum Gasteiger partial charge on any atom is 2.00 e. The molecule has 0 aromatic rings. The van der Waals surface area contributed by atoms with Gasteiger partial charge in [-0.1, -0.05) is 0 Å². The van der Waals surface area contributed by atoms with Gasteiger partial charge in [-0.15, -0.1) is 0 Å². The zero-order valence-corrected chi connectivity index (χ0v) is 17.4. The van der Waals surface area contributed by atoms with Gasteiger partial charge in [-0.3, -0.25) is 35.7 Å². The van der Waals surface area contributed by atoms with E-state index in [1.54, 1.807) is 0 Å². The van der Waals surface area contributed by atoms with E-state index in [1.165, 1.54) is 0 Å². The molecule has 0 unspecified atom stereocenters. The summed E-state index contributed by atoms with van der Waals surface area (Å²) in [5.74, 6) is 0. The standard InChI is InChI=1S/3Mg.4O2Si.H2O.3O/c;;;4*1-3-2;;;;/h;;;;;;;1H2;;;/q3*+2;;;;;;3*-2. The molecule has 0 aliphatic heterocycles. The third-order valence-electron chi connectivity index (χ3n) is 0. The fourth-order valence-corrected chi connectivity index (χ4v) is 0. The number of hydrogen-bond donors (Lipinski definition) is 0. The van der Waals surface area contributed by atoms with Crippen molar-refractivity contribution in [3.8, 4) is 0 Å². The van der Waals surface area contributed by atoms with Gasteiger partial charge in [0.25, 0.3) is 0 Å². The van der Waals surface area contributed by atoms with Gasteiger partial charge in [-0.25, -0.2) is 0 Å². The quantitative estimate of drug-likeness (QED) is 0.368. The summed E-state index contributed by atoms with van der Waals surface area (Å²) >= 11 is 0. The summed E-state index contributed by atoms with van der Waals surface area (Å²) in [6.45, 7) is 0. The molecule has 96 valence electrons. The van der Waals surface area contributed by atoms with Gasteiger partial charge in [-0.2, -0.15) is 0 Å². The Morgan fingerprint density at radius 1 is 0.368 bits per heavy atom. The first-order valence-corrected chi connectivity index (χ1v) is 4.90. The third-order valence-corrected chi connectivity index (χ3v) is 0. The molecule has 0 aliphatic carbocycles. The van der Waals surface area contributed by atoms with Gasteiger partial charge in [0.1, 0.15) is 0 Å². The average molecular weight is 379 g/mol. The molecule has 2 N–H and O–H groups in total. The topological polar surface area (TPSA) is 254 Å². The maximum atomic E-state index is 8.40. The Labute approximate surface area is 162 Å². The minimum Gasteiger partial charge on any atom is -2.00 e. The zero-order chi connectivity index (χ0) is 10.8. The Bertz CT molecular complexity index is 157. The van der Waals surface area contributed by atoms with E-state index < -0.39 is 37.2 Å². The monoisotopic (exact) mass is 378 g/mol. The fourth-order valence-electron chi connectivity index (χ4n) is 0. The normalized spacial score (nSPS) is 1.68. The van der Waals surface area contributed by atoms with Gasteiger partial charge >= 0.3 is 106 Å². The van der Waals surface area contributed by atoms with E-state index in [1.807, 2.05) is 0 Å². The Hall–Kier alpha value is 1.41. The third kappa shape index (κ3) is 2970. The molecule has 19 heteroatoms. The average Bonchev–Trinajstić information content (AvgIpc) is 1.92. The van der Waals surface area contributed by atoms with Crippen LogP contribution < -0.4 is 0 Å². The summed E-state index contributed by atoms with van der Waals surface area (Å²) in [4.78, 5) is 0. The molecule has 19 heavy (non-hydrogen) atoms. The number of rotatable bonds is 0. The molecule has 0 saturated heterocycles. The van der Waals surface area contributed by atoms with E-state index in [-0.39, 0.29) is 91.1 Å². The molecule has 0 atom stereocenters. The molecule has 0 aromatic carbocycles. The molecular weight excluding hydrogens is 377 g/mol. The van der Waals surface area contributed by atoms with E-state index in [2.05, 4.69) is 0 Å². The maximum absolute atomic E-state index is 8.40. The molecule has 0 saturated carbocycles. The van der Waals surface area contributed by atoms with Crippen LogP contribution >= 0.6 is 0 Å². The van der Waals surface area contributed by atoms with Crippen molar-refractivity contribution in [3.05, 3.63) is 0 Å². The van der Waals surface area contributed by atoms with Crippen LogP contribution in [-0.2, 0) is 52.1 Å². The van der Waals surface area contributed by atoms with E-state index in [0.29, 0.717) is 0 Å². The largest absolute Gasteiger partial charge is 2.00 e. The summed E-state index contributed by atoms with van der Waals surface area (Å²) in [6, 6.07) is 0. The molecule has 0 amide bonds. The number of hydrogen-bond acceptors (Lipinski definition) is 8. The van der Waals surface area contributed by atoms with Crippen molar-refractivity contribution < 1.29 is 57.6 Å². The van der Waals surface area contributed by atoms with E-state index >= 15 is 0 Å². The van der Waals surface area contributed by atoms with Gasteiger partial charge in [0.05, 0.1) is 0 Å². The fraction of sp³-hybridized carbons (Fsp3) is 0. The van der Waals surface area contributed by atoms with Crippen LogP contribution in [0.5, 0.6) is 0 Å². The van der Waals surface area contributed by atoms with Crippen LogP contribution in [0.3, 0.4) is 0 Å². The van der Waals surface area contributed by atoms with Gasteiger partial charge in [0, 0.05) is 0 Å². The minimum absolute atomic E-state index is 0. The molecule has 0 radical (unpaired) electrons. The summed E-state index contributed by atoms with van der Waals surface area (Å²) in [7, 11) is -5.67. The predicted octanol–water partition coefficient (Wildman–Crippen LogP) is -4.80. The summed E-state index contributed by atoms with van der Waals surface area (Å²) in [6.07, 6.45) is 0. The van der Waals surface area contributed by atoms with Crippen molar-refractivity contribution in [2.45, 2.75) is 0 Å². The minimum atomic E-state index is -1.42. The Morgan fingerprint density at radius 3 is 0.368 bits per heavy atom. The molecule has 0 spiro atoms. The van der Waals surface area contributed by atoms with Crippen molar-refractivity contribution in [3.63, 3.8) is 0 Å². The first-order chi connectivity index (χ1) is 5.66. The Balaban J connectivity index is -0.00000000444. The SMILES string of the molecule is O.O=[Si]=O.O=[Si]=O.O=[Si]=O.O=[Si]=O.[Mg+2].[Mg+2].[Mg+2].[O-2].[O-2].[O-2]. The second-order valence-corrected chi connectivity index (χ2v) is 1.00. The van der Waals surface area contributed by atoms with Crippen LogP contribution in [0.15, 0.2) is 0 Å². The Morgan fingerprint density at radius 2 is 0.368 bits per heavy atom. The second-order valence-electron chi connectivity index (χ2n) is 0.333. The van der Waals surface area contributed by atoms with Gasteiger partial charge in [-0.05, 0) is 0 Å². The van der Waals surface area contributed by atoms with Gasteiger partial charge in [0.2, 0.25) is 0 Å². The van der Waals surface area contributed by atoms with Crippen LogP contribution in [0.1, 0.15) is 0 Å². The van der Waals surface area contributed by atoms with E-state index in [9.17, 15) is 0 Å². The molecule has 0 fully saturated rings. The molecule has 0 aliphatic rings. The molecule has 0 heterocycles. The molecule has 12 nitrogen and oxygen atoms in total. The molecule has 0 bridgehead atoms. The van der Waals surface area contributed by atoms with Gasteiger partial charge < -0.3 is 21.9 Å².